The first-order chi connectivity index (χ1) is 20.0. The third-order valence-corrected chi connectivity index (χ3v) is 7.83. The summed E-state index contributed by atoms with van der Waals surface area (Å²) >= 11 is 0. The van der Waals surface area contributed by atoms with E-state index in [0.717, 1.165) is 53.5 Å². The summed E-state index contributed by atoms with van der Waals surface area (Å²) in [7, 11) is 0. The van der Waals surface area contributed by atoms with E-state index in [1.807, 2.05) is 77.7 Å². The van der Waals surface area contributed by atoms with Crippen molar-refractivity contribution in [2.24, 2.45) is 5.92 Å². The van der Waals surface area contributed by atoms with Crippen LogP contribution in [0.4, 0.5) is 0 Å². The molecule has 0 aromatic heterocycles. The topological polar surface area (TPSA) is 93.8 Å². The first-order valence-electron chi connectivity index (χ1n) is 14.1. The van der Waals surface area contributed by atoms with Crippen LogP contribution in [0.5, 0.6) is 11.5 Å². The number of rotatable bonds is 9. The molecule has 5 rings (SSSR count). The standard InChI is InChI=1S/C35H34N2O4/c36-23-27-11-16-33(32(22-27)28-12-14-30(15-13-28)35(40)29-6-2-1-3-7-29)41-24-34(39)37-19-17-25(18-20-37)9-10-26-5-4-8-31(38)21-26/h1-8,11-16,21-22,25,35,38,40H,9-10,17-20,24H2. The van der Waals surface area contributed by atoms with Gasteiger partial charge in [-0.25, -0.2) is 0 Å². The van der Waals surface area contributed by atoms with E-state index >= 15 is 0 Å². The highest BCUT2D eigenvalue weighted by molar-refractivity contribution is 5.79. The van der Waals surface area contributed by atoms with Crippen LogP contribution in [0.15, 0.2) is 97.1 Å². The average Bonchev–Trinajstić information content (AvgIpc) is 3.03. The van der Waals surface area contributed by atoms with Gasteiger partial charge in [0.1, 0.15) is 17.6 Å². The van der Waals surface area contributed by atoms with E-state index < -0.39 is 6.10 Å². The van der Waals surface area contributed by atoms with E-state index in [9.17, 15) is 20.3 Å². The monoisotopic (exact) mass is 546 g/mol. The summed E-state index contributed by atoms with van der Waals surface area (Å²) in [6.45, 7) is 1.34. The minimum atomic E-state index is -0.736. The van der Waals surface area contributed by atoms with E-state index in [0.29, 0.717) is 36.1 Å². The van der Waals surface area contributed by atoms with Crippen LogP contribution in [0.3, 0.4) is 0 Å². The molecule has 1 aliphatic heterocycles. The number of benzene rings is 4. The molecule has 1 atom stereocenters. The first kappa shape index (κ1) is 27.9. The number of nitrogens with zero attached hydrogens (tertiary/aromatic N) is 2. The Hall–Kier alpha value is -4.60. The lowest BCUT2D eigenvalue weighted by Gasteiger charge is -2.32. The molecule has 0 radical (unpaired) electrons. The van der Waals surface area contributed by atoms with E-state index in [1.165, 1.54) is 0 Å². The van der Waals surface area contributed by atoms with Crippen molar-refractivity contribution in [3.63, 3.8) is 0 Å². The number of piperidine rings is 1. The van der Waals surface area contributed by atoms with Gasteiger partial charge in [-0.1, -0.05) is 66.7 Å². The highest BCUT2D eigenvalue weighted by atomic mass is 16.5. The molecule has 0 bridgehead atoms. The molecule has 208 valence electrons. The van der Waals surface area contributed by atoms with Gasteiger partial charge in [-0.3, -0.25) is 4.79 Å². The fraction of sp³-hybridized carbons (Fsp3) is 0.257. The SMILES string of the molecule is N#Cc1ccc(OCC(=O)N2CCC(CCc3cccc(O)c3)CC2)c(-c2ccc(C(O)c3ccccc3)cc2)c1. The smallest absolute Gasteiger partial charge is 0.260 e. The predicted molar refractivity (Wildman–Crippen MR) is 158 cm³/mol. The molecule has 1 aliphatic rings. The van der Waals surface area contributed by atoms with Crippen molar-refractivity contribution in [1.82, 2.24) is 4.90 Å². The maximum atomic E-state index is 13.0. The Bertz CT molecular complexity index is 1500. The zero-order valence-electron chi connectivity index (χ0n) is 22.9. The van der Waals surface area contributed by atoms with Gasteiger partial charge in [0.2, 0.25) is 0 Å². The summed E-state index contributed by atoms with van der Waals surface area (Å²) in [5.41, 5.74) is 4.77. The maximum absolute atomic E-state index is 13.0. The van der Waals surface area contributed by atoms with Crippen LogP contribution in [0.25, 0.3) is 11.1 Å². The van der Waals surface area contributed by atoms with Gasteiger partial charge >= 0.3 is 0 Å². The number of amides is 1. The van der Waals surface area contributed by atoms with E-state index in [-0.39, 0.29) is 12.5 Å². The van der Waals surface area contributed by atoms with Crippen molar-refractivity contribution in [3.8, 4) is 28.7 Å². The van der Waals surface area contributed by atoms with Crippen LogP contribution in [0, 0.1) is 17.2 Å². The Morgan fingerprint density at radius 2 is 1.66 bits per heavy atom. The average molecular weight is 547 g/mol. The zero-order chi connectivity index (χ0) is 28.6. The van der Waals surface area contributed by atoms with Gasteiger partial charge in [-0.05, 0) is 84.2 Å². The van der Waals surface area contributed by atoms with Crippen LogP contribution in [-0.4, -0.2) is 40.7 Å². The van der Waals surface area contributed by atoms with E-state index in [4.69, 9.17) is 4.74 Å². The Morgan fingerprint density at radius 3 is 2.37 bits per heavy atom. The van der Waals surface area contributed by atoms with Crippen LogP contribution >= 0.6 is 0 Å². The number of carbonyl (C=O) groups is 1. The molecule has 6 nitrogen and oxygen atoms in total. The molecule has 4 aromatic rings. The number of likely N-dealkylation sites (tertiary alicyclic amines) is 1. The lowest BCUT2D eigenvalue weighted by Crippen LogP contribution is -2.41. The van der Waals surface area contributed by atoms with Crippen molar-refractivity contribution < 1.29 is 19.7 Å². The summed E-state index contributed by atoms with van der Waals surface area (Å²) in [6, 6.07) is 31.8. The number of aliphatic hydroxyl groups is 1. The molecule has 0 saturated carbocycles. The van der Waals surface area contributed by atoms with Crippen molar-refractivity contribution in [3.05, 3.63) is 119 Å². The third-order valence-electron chi connectivity index (χ3n) is 7.83. The first-order valence-corrected chi connectivity index (χ1v) is 14.1. The maximum Gasteiger partial charge on any atom is 0.260 e. The number of nitriles is 1. The molecular weight excluding hydrogens is 512 g/mol. The lowest BCUT2D eigenvalue weighted by atomic mass is 9.90. The number of ether oxygens (including phenoxy) is 1. The van der Waals surface area contributed by atoms with Crippen molar-refractivity contribution in [2.45, 2.75) is 31.8 Å². The number of aryl methyl sites for hydroxylation is 1. The summed E-state index contributed by atoms with van der Waals surface area (Å²) in [5.74, 6) is 1.34. The molecule has 4 aromatic carbocycles. The molecule has 1 unspecified atom stereocenters. The van der Waals surface area contributed by atoms with Crippen LogP contribution < -0.4 is 4.74 Å². The third kappa shape index (κ3) is 7.13. The quantitative estimate of drug-likeness (QED) is 0.258. The summed E-state index contributed by atoms with van der Waals surface area (Å²) < 4.78 is 6.02. The molecule has 6 heteroatoms. The van der Waals surface area contributed by atoms with Crippen molar-refractivity contribution in [2.75, 3.05) is 19.7 Å². The number of hydrogen-bond acceptors (Lipinski definition) is 5. The molecule has 1 amide bonds. The van der Waals surface area contributed by atoms with Gasteiger partial charge in [0.25, 0.3) is 5.91 Å². The fourth-order valence-corrected chi connectivity index (χ4v) is 5.41. The van der Waals surface area contributed by atoms with Crippen LogP contribution in [0.2, 0.25) is 0 Å². The molecule has 41 heavy (non-hydrogen) atoms. The number of aromatic hydroxyl groups is 1. The highest BCUT2D eigenvalue weighted by Gasteiger charge is 2.23. The van der Waals surface area contributed by atoms with Gasteiger partial charge in [0.05, 0.1) is 11.6 Å². The van der Waals surface area contributed by atoms with Crippen LogP contribution in [0.1, 0.15) is 47.6 Å². The molecule has 1 fully saturated rings. The molecule has 0 aliphatic carbocycles. The molecule has 1 saturated heterocycles. The van der Waals surface area contributed by atoms with Crippen molar-refractivity contribution >= 4 is 5.91 Å². The second-order valence-electron chi connectivity index (χ2n) is 10.6. The van der Waals surface area contributed by atoms with Crippen molar-refractivity contribution in [1.29, 1.82) is 5.26 Å². The number of hydrogen-bond donors (Lipinski definition) is 2. The van der Waals surface area contributed by atoms with Gasteiger partial charge in [-0.15, -0.1) is 0 Å². The molecule has 1 heterocycles. The van der Waals surface area contributed by atoms with E-state index in [1.54, 1.807) is 24.3 Å². The summed E-state index contributed by atoms with van der Waals surface area (Å²) in [4.78, 5) is 14.9. The molecular formula is C35H34N2O4. The van der Waals surface area contributed by atoms with Gasteiger partial charge in [0, 0.05) is 18.7 Å². The van der Waals surface area contributed by atoms with Gasteiger partial charge < -0.3 is 19.8 Å². The molecule has 2 N–H and O–H groups in total. The Morgan fingerprint density at radius 1 is 0.927 bits per heavy atom. The fourth-order valence-electron chi connectivity index (χ4n) is 5.41. The second kappa shape index (κ2) is 13.2. The summed E-state index contributed by atoms with van der Waals surface area (Å²) in [6.07, 6.45) is 3.13. The zero-order valence-corrected chi connectivity index (χ0v) is 22.9. The number of phenols is 1. The number of carbonyl (C=O) groups excluding carboxylic acids is 1. The van der Waals surface area contributed by atoms with Gasteiger partial charge in [-0.2, -0.15) is 5.26 Å². The molecule has 0 spiro atoms. The Balaban J connectivity index is 1.19. The van der Waals surface area contributed by atoms with E-state index in [2.05, 4.69) is 6.07 Å². The largest absolute Gasteiger partial charge is 0.508 e. The lowest BCUT2D eigenvalue weighted by molar-refractivity contribution is -0.134. The number of phenolic OH excluding ortho intramolecular Hbond substituents is 1. The minimum absolute atomic E-state index is 0.0481. The number of aliphatic hydroxyl groups excluding tert-OH is 1. The second-order valence-corrected chi connectivity index (χ2v) is 10.6. The Kier molecular flexibility index (Phi) is 8.98. The minimum Gasteiger partial charge on any atom is -0.508 e. The van der Waals surface area contributed by atoms with Crippen LogP contribution in [-0.2, 0) is 11.2 Å². The summed E-state index contributed by atoms with van der Waals surface area (Å²) in [5, 5.41) is 29.9. The van der Waals surface area contributed by atoms with Gasteiger partial charge in [0.15, 0.2) is 6.61 Å². The Labute approximate surface area is 241 Å². The highest BCUT2D eigenvalue weighted by Crippen LogP contribution is 2.33. The normalized spacial score (nSPS) is 14.3. The predicted octanol–water partition coefficient (Wildman–Crippen LogP) is 6.26.